The number of amidine groups is 1. The van der Waals surface area contributed by atoms with Gasteiger partial charge in [-0.3, -0.25) is 10.2 Å². The molecule has 1 fully saturated rings. The molecule has 0 saturated carbocycles. The van der Waals surface area contributed by atoms with Gasteiger partial charge in [0.05, 0.1) is 11.4 Å². The summed E-state index contributed by atoms with van der Waals surface area (Å²) in [6.45, 7) is 5.50. The summed E-state index contributed by atoms with van der Waals surface area (Å²) in [5.74, 6) is -0.413. The molecule has 0 aromatic heterocycles. The number of benzodiazepines with no additional fused rings is 1. The van der Waals surface area contributed by atoms with E-state index in [1.807, 2.05) is 68.4 Å². The highest BCUT2D eigenvalue weighted by atomic mass is 16.5. The van der Waals surface area contributed by atoms with Crippen LogP contribution in [0.3, 0.4) is 0 Å². The quantitative estimate of drug-likeness (QED) is 0.450. The Morgan fingerprint density at radius 1 is 1.16 bits per heavy atom. The number of hydrogen-bond acceptors (Lipinski definition) is 6. The molecule has 8 nitrogen and oxygen atoms in total. The zero-order chi connectivity index (χ0) is 22.2. The van der Waals surface area contributed by atoms with E-state index >= 15 is 0 Å². The van der Waals surface area contributed by atoms with Crippen LogP contribution < -0.4 is 16.4 Å². The lowest BCUT2D eigenvalue weighted by Gasteiger charge is -2.12. The molecule has 4 rings (SSSR count). The third-order valence-electron chi connectivity index (χ3n) is 4.87. The number of benzene rings is 2. The van der Waals surface area contributed by atoms with Crippen LogP contribution in [0.1, 0.15) is 31.4 Å². The Bertz CT molecular complexity index is 981. The molecule has 2 heterocycles. The highest BCUT2D eigenvalue weighted by Crippen LogP contribution is 2.24. The number of amides is 1. The number of carbonyl (C=O) groups is 1. The molecule has 0 radical (unpaired) electrons. The van der Waals surface area contributed by atoms with Crippen LogP contribution in [-0.4, -0.2) is 42.8 Å². The molecule has 2 aliphatic rings. The standard InChI is InChI=1S/C21H22N6O2.C2H6/c22-18(14-10-11-24-12-14)29-21(23)27-19-20(28)25-16-9-5-4-8-15(16)17(26-19)13-6-2-1-3-7-13;1-2/h1-9,14,19,22,24H,10-12H2,(H2,23,27)(H,25,28);1-2H3. The fourth-order valence-corrected chi connectivity index (χ4v) is 3.38. The van der Waals surface area contributed by atoms with Crippen molar-refractivity contribution < 1.29 is 9.53 Å². The Labute approximate surface area is 182 Å². The summed E-state index contributed by atoms with van der Waals surface area (Å²) in [6, 6.07) is 16.8. The van der Waals surface area contributed by atoms with Gasteiger partial charge in [-0.05, 0) is 19.0 Å². The highest BCUT2D eigenvalue weighted by molar-refractivity contribution is 6.19. The van der Waals surface area contributed by atoms with Gasteiger partial charge in [0, 0.05) is 23.6 Å². The normalized spacial score (nSPS) is 20.4. The van der Waals surface area contributed by atoms with Crippen LogP contribution in [0.25, 0.3) is 0 Å². The predicted molar refractivity (Wildman–Crippen MR) is 124 cm³/mol. The largest absolute Gasteiger partial charge is 0.412 e. The third kappa shape index (κ3) is 5.35. The average Bonchev–Trinajstić information content (AvgIpc) is 3.30. The molecule has 0 aliphatic carbocycles. The van der Waals surface area contributed by atoms with E-state index in [-0.39, 0.29) is 17.8 Å². The summed E-state index contributed by atoms with van der Waals surface area (Å²) in [6.07, 6.45) is -0.311. The molecule has 2 aliphatic heterocycles. The molecule has 5 N–H and O–H groups in total. The predicted octanol–water partition coefficient (Wildman–Crippen LogP) is 2.75. The van der Waals surface area contributed by atoms with Gasteiger partial charge in [-0.1, -0.05) is 62.4 Å². The Morgan fingerprint density at radius 2 is 1.87 bits per heavy atom. The molecule has 0 bridgehead atoms. The molecule has 8 heteroatoms. The van der Waals surface area contributed by atoms with Crippen LogP contribution in [-0.2, 0) is 9.53 Å². The number of nitrogens with one attached hydrogen (secondary N) is 3. The minimum atomic E-state index is -1.12. The second-order valence-corrected chi connectivity index (χ2v) is 6.88. The van der Waals surface area contributed by atoms with Gasteiger partial charge in [0.2, 0.25) is 6.17 Å². The van der Waals surface area contributed by atoms with Crippen molar-refractivity contribution in [3.8, 4) is 0 Å². The summed E-state index contributed by atoms with van der Waals surface area (Å²) in [7, 11) is 0. The number of nitrogens with zero attached hydrogens (tertiary/aromatic N) is 2. The lowest BCUT2D eigenvalue weighted by molar-refractivity contribution is -0.117. The fraction of sp³-hybridized carbons (Fsp3) is 0.304. The van der Waals surface area contributed by atoms with Crippen molar-refractivity contribution in [2.24, 2.45) is 21.6 Å². The number of ether oxygens (including phenoxy) is 1. The molecule has 2 atom stereocenters. The van der Waals surface area contributed by atoms with Crippen LogP contribution in [0, 0.1) is 11.3 Å². The second kappa shape index (κ2) is 10.5. The minimum absolute atomic E-state index is 0.0423. The van der Waals surface area contributed by atoms with Gasteiger partial charge in [-0.25, -0.2) is 4.99 Å². The number of rotatable bonds is 3. The number of anilines is 1. The third-order valence-corrected chi connectivity index (χ3v) is 4.87. The Kier molecular flexibility index (Phi) is 7.50. The van der Waals surface area contributed by atoms with Gasteiger partial charge >= 0.3 is 0 Å². The molecular formula is C23H28N6O2. The molecule has 162 valence electrons. The van der Waals surface area contributed by atoms with Crippen LogP contribution in [0.5, 0.6) is 0 Å². The Balaban J connectivity index is 0.00000132. The first-order valence-corrected chi connectivity index (χ1v) is 10.5. The Morgan fingerprint density at radius 3 is 2.58 bits per heavy atom. The van der Waals surface area contributed by atoms with Crippen LogP contribution in [0.4, 0.5) is 5.69 Å². The first-order valence-electron chi connectivity index (χ1n) is 10.5. The monoisotopic (exact) mass is 420 g/mol. The maximum atomic E-state index is 12.7. The summed E-state index contributed by atoms with van der Waals surface area (Å²) < 4.78 is 5.37. The molecule has 0 spiro atoms. The van der Waals surface area contributed by atoms with E-state index in [0.29, 0.717) is 17.9 Å². The number of carbonyl (C=O) groups excluding carboxylic acids is 1. The minimum Gasteiger partial charge on any atom is -0.412 e. The van der Waals surface area contributed by atoms with Crippen LogP contribution in [0.2, 0.25) is 0 Å². The van der Waals surface area contributed by atoms with Gasteiger partial charge in [0.25, 0.3) is 11.9 Å². The zero-order valence-corrected chi connectivity index (χ0v) is 17.8. The van der Waals surface area contributed by atoms with E-state index in [1.165, 1.54) is 0 Å². The van der Waals surface area contributed by atoms with Gasteiger partial charge in [0.1, 0.15) is 0 Å². The van der Waals surface area contributed by atoms with Gasteiger partial charge in [-0.15, -0.1) is 0 Å². The van der Waals surface area contributed by atoms with Crippen molar-refractivity contribution in [1.29, 1.82) is 5.41 Å². The van der Waals surface area contributed by atoms with Crippen molar-refractivity contribution in [2.45, 2.75) is 26.4 Å². The Hall–Kier alpha value is -3.52. The van der Waals surface area contributed by atoms with Crippen molar-refractivity contribution >= 4 is 29.2 Å². The van der Waals surface area contributed by atoms with E-state index in [4.69, 9.17) is 15.9 Å². The van der Waals surface area contributed by atoms with E-state index in [2.05, 4.69) is 20.6 Å². The highest BCUT2D eigenvalue weighted by Gasteiger charge is 2.27. The summed E-state index contributed by atoms with van der Waals surface area (Å²) >= 11 is 0. The maximum Gasteiger partial charge on any atom is 0.291 e. The smallest absolute Gasteiger partial charge is 0.291 e. The first kappa shape index (κ1) is 22.2. The van der Waals surface area contributed by atoms with E-state index in [9.17, 15) is 4.79 Å². The number of fused-ring (bicyclic) bond motifs is 1. The van der Waals surface area contributed by atoms with E-state index in [0.717, 1.165) is 24.1 Å². The van der Waals surface area contributed by atoms with Crippen molar-refractivity contribution in [3.63, 3.8) is 0 Å². The number of hydrogen-bond donors (Lipinski definition) is 4. The lowest BCUT2D eigenvalue weighted by atomic mass is 10.0. The van der Waals surface area contributed by atoms with E-state index in [1.54, 1.807) is 0 Å². The topological polar surface area (TPSA) is 125 Å². The number of nitrogens with two attached hydrogens (primary N) is 1. The van der Waals surface area contributed by atoms with Crippen LogP contribution in [0.15, 0.2) is 64.6 Å². The second-order valence-electron chi connectivity index (χ2n) is 6.88. The molecule has 1 saturated heterocycles. The summed E-state index contributed by atoms with van der Waals surface area (Å²) in [5, 5.41) is 14.1. The van der Waals surface area contributed by atoms with Crippen LogP contribution >= 0.6 is 0 Å². The van der Waals surface area contributed by atoms with Crippen molar-refractivity contribution in [3.05, 3.63) is 65.7 Å². The molecule has 2 unspecified atom stereocenters. The molecule has 2 aromatic rings. The summed E-state index contributed by atoms with van der Waals surface area (Å²) in [5.41, 5.74) is 8.84. The van der Waals surface area contributed by atoms with Gasteiger partial charge in [0.15, 0.2) is 5.90 Å². The summed E-state index contributed by atoms with van der Waals surface area (Å²) in [4.78, 5) is 21.5. The van der Waals surface area contributed by atoms with Crippen molar-refractivity contribution in [1.82, 2.24) is 5.32 Å². The number of aliphatic imine (C=N–C) groups is 2. The SMILES string of the molecule is CC.N=C(O/C(N)=N/C1N=C(c2ccccc2)c2ccccc2NC1=O)C1CCNC1. The average molecular weight is 421 g/mol. The molecule has 31 heavy (non-hydrogen) atoms. The van der Waals surface area contributed by atoms with Crippen molar-refractivity contribution in [2.75, 3.05) is 18.4 Å². The van der Waals surface area contributed by atoms with Gasteiger partial charge in [-0.2, -0.15) is 4.99 Å². The molecule has 1 amide bonds. The van der Waals surface area contributed by atoms with E-state index < -0.39 is 12.1 Å². The number of para-hydroxylation sites is 1. The fourth-order valence-electron chi connectivity index (χ4n) is 3.38. The molecular weight excluding hydrogens is 392 g/mol. The van der Waals surface area contributed by atoms with Gasteiger partial charge < -0.3 is 21.1 Å². The lowest BCUT2D eigenvalue weighted by Crippen LogP contribution is -2.31. The first-order chi connectivity index (χ1) is 15.1. The molecule has 2 aromatic carbocycles. The maximum absolute atomic E-state index is 12.7. The zero-order valence-electron chi connectivity index (χ0n) is 17.8.